The summed E-state index contributed by atoms with van der Waals surface area (Å²) in [6.45, 7) is 3.30. The average molecular weight is 491 g/mol. The van der Waals surface area contributed by atoms with Crippen LogP contribution in [0.5, 0.6) is 0 Å². The van der Waals surface area contributed by atoms with Crippen LogP contribution in [-0.4, -0.2) is 84.3 Å². The van der Waals surface area contributed by atoms with Gasteiger partial charge < -0.3 is 15.0 Å². The standard InChI is InChI=1S/C22H27FN6O4S/c1-15-18(22(30)27-8-10-28(11-9-27)34(3,31)32)12-29-20(15)21(24-14-25-29)26-19(13-33-2)16-4-6-17(23)7-5-16/h4-7,12,14,19H,8-11,13H2,1-3H3,(H,24,25,26)/t19-/m1/s1. The fourth-order valence-electron chi connectivity index (χ4n) is 4.12. The molecule has 3 aromatic rings. The van der Waals surface area contributed by atoms with Gasteiger partial charge in [0.05, 0.1) is 24.5 Å². The van der Waals surface area contributed by atoms with Crippen molar-refractivity contribution in [3.8, 4) is 0 Å². The SMILES string of the molecule is COC[C@@H](Nc1ncnn2cc(C(=O)N3CCN(S(C)(=O)=O)CC3)c(C)c12)c1ccc(F)cc1. The first-order valence-electron chi connectivity index (χ1n) is 10.8. The van der Waals surface area contributed by atoms with Gasteiger partial charge in [-0.3, -0.25) is 4.79 Å². The molecule has 3 heterocycles. The number of ether oxygens (including phenoxy) is 1. The van der Waals surface area contributed by atoms with Crippen molar-refractivity contribution in [3.05, 3.63) is 59.3 Å². The Kier molecular flexibility index (Phi) is 6.82. The van der Waals surface area contributed by atoms with Crippen molar-refractivity contribution in [2.24, 2.45) is 0 Å². The number of hydrogen-bond donors (Lipinski definition) is 1. The third kappa shape index (κ3) is 4.88. The van der Waals surface area contributed by atoms with Crippen molar-refractivity contribution in [1.29, 1.82) is 0 Å². The van der Waals surface area contributed by atoms with E-state index in [1.54, 1.807) is 34.9 Å². The third-order valence-electron chi connectivity index (χ3n) is 5.97. The number of aryl methyl sites for hydroxylation is 1. The van der Waals surface area contributed by atoms with E-state index in [-0.39, 0.29) is 30.9 Å². The number of fused-ring (bicyclic) bond motifs is 1. The molecule has 1 atom stereocenters. The lowest BCUT2D eigenvalue weighted by atomic mass is 10.1. The van der Waals surface area contributed by atoms with Gasteiger partial charge in [-0.1, -0.05) is 12.1 Å². The minimum atomic E-state index is -3.28. The molecule has 12 heteroatoms. The van der Waals surface area contributed by atoms with E-state index in [4.69, 9.17) is 4.74 Å². The Bertz CT molecular complexity index is 1290. The van der Waals surface area contributed by atoms with E-state index in [1.807, 2.05) is 6.92 Å². The molecule has 0 saturated carbocycles. The number of nitrogens with one attached hydrogen (secondary N) is 1. The number of methoxy groups -OCH3 is 1. The van der Waals surface area contributed by atoms with E-state index >= 15 is 0 Å². The second-order valence-corrected chi connectivity index (χ2v) is 10.2. The van der Waals surface area contributed by atoms with Gasteiger partial charge in [-0.05, 0) is 30.2 Å². The summed E-state index contributed by atoms with van der Waals surface area (Å²) in [6.07, 6.45) is 4.22. The topological polar surface area (TPSA) is 109 Å². The zero-order valence-corrected chi connectivity index (χ0v) is 20.0. The van der Waals surface area contributed by atoms with Crippen molar-refractivity contribution in [1.82, 2.24) is 23.8 Å². The molecule has 0 aliphatic carbocycles. The summed E-state index contributed by atoms with van der Waals surface area (Å²) < 4.78 is 45.2. The van der Waals surface area contributed by atoms with Crippen molar-refractivity contribution in [2.45, 2.75) is 13.0 Å². The predicted molar refractivity (Wildman–Crippen MR) is 125 cm³/mol. The number of carbonyl (C=O) groups is 1. The molecule has 34 heavy (non-hydrogen) atoms. The fourth-order valence-corrected chi connectivity index (χ4v) is 4.95. The number of carbonyl (C=O) groups excluding carboxylic acids is 1. The number of amides is 1. The number of piperazine rings is 1. The molecule has 1 saturated heterocycles. The lowest BCUT2D eigenvalue weighted by molar-refractivity contribution is 0.0697. The molecule has 1 N–H and O–H groups in total. The summed E-state index contributed by atoms with van der Waals surface area (Å²) in [6, 6.07) is 5.83. The maximum Gasteiger partial charge on any atom is 0.255 e. The van der Waals surface area contributed by atoms with Crippen LogP contribution in [0.3, 0.4) is 0 Å². The Morgan fingerprint density at radius 1 is 1.21 bits per heavy atom. The second-order valence-electron chi connectivity index (χ2n) is 8.23. The first-order chi connectivity index (χ1) is 16.2. The van der Waals surface area contributed by atoms with Crippen molar-refractivity contribution < 1.29 is 22.3 Å². The molecular weight excluding hydrogens is 463 g/mol. The third-order valence-corrected chi connectivity index (χ3v) is 7.27. The van der Waals surface area contributed by atoms with E-state index in [0.717, 1.165) is 5.56 Å². The van der Waals surface area contributed by atoms with E-state index in [9.17, 15) is 17.6 Å². The van der Waals surface area contributed by atoms with E-state index in [2.05, 4.69) is 15.4 Å². The zero-order chi connectivity index (χ0) is 24.5. The van der Waals surface area contributed by atoms with Crippen molar-refractivity contribution in [3.63, 3.8) is 0 Å². The van der Waals surface area contributed by atoms with Gasteiger partial charge in [0.25, 0.3) is 5.91 Å². The summed E-state index contributed by atoms with van der Waals surface area (Å²) >= 11 is 0. The van der Waals surface area contributed by atoms with Crippen molar-refractivity contribution in [2.75, 3.05) is 51.5 Å². The number of aromatic nitrogens is 3. The van der Waals surface area contributed by atoms with Crippen LogP contribution in [0, 0.1) is 12.7 Å². The number of hydrogen-bond acceptors (Lipinski definition) is 7. The molecule has 1 fully saturated rings. The number of rotatable bonds is 7. The van der Waals surface area contributed by atoms with Gasteiger partial charge >= 0.3 is 0 Å². The number of anilines is 1. The van der Waals surface area contributed by atoms with Crippen LogP contribution >= 0.6 is 0 Å². The summed E-state index contributed by atoms with van der Waals surface area (Å²) in [5.74, 6) is 0.00111. The molecular formula is C22H27FN6O4S. The molecule has 4 rings (SSSR count). The van der Waals surface area contributed by atoms with E-state index < -0.39 is 10.0 Å². The van der Waals surface area contributed by atoms with Crippen LogP contribution in [0.2, 0.25) is 0 Å². The first-order valence-corrected chi connectivity index (χ1v) is 12.6. The average Bonchev–Trinajstić information content (AvgIpc) is 3.15. The summed E-state index contributed by atoms with van der Waals surface area (Å²) in [4.78, 5) is 19.3. The molecule has 0 spiro atoms. The lowest BCUT2D eigenvalue weighted by Gasteiger charge is -2.33. The molecule has 1 aliphatic heterocycles. The van der Waals surface area contributed by atoms with E-state index in [0.29, 0.717) is 42.2 Å². The Morgan fingerprint density at radius 3 is 2.50 bits per heavy atom. The molecule has 1 aromatic carbocycles. The number of benzene rings is 1. The Balaban J connectivity index is 1.61. The summed E-state index contributed by atoms with van der Waals surface area (Å²) in [7, 11) is -1.70. The highest BCUT2D eigenvalue weighted by Crippen LogP contribution is 2.27. The maximum atomic E-state index is 13.4. The van der Waals surface area contributed by atoms with Crippen LogP contribution in [0.4, 0.5) is 10.2 Å². The minimum Gasteiger partial charge on any atom is -0.382 e. The highest BCUT2D eigenvalue weighted by Gasteiger charge is 2.29. The Labute approximate surface area is 197 Å². The number of halogens is 1. The smallest absolute Gasteiger partial charge is 0.255 e. The number of nitrogens with zero attached hydrogens (tertiary/aromatic N) is 5. The van der Waals surface area contributed by atoms with Gasteiger partial charge in [-0.2, -0.15) is 9.40 Å². The van der Waals surface area contributed by atoms with Gasteiger partial charge in [-0.15, -0.1) is 0 Å². The Morgan fingerprint density at radius 2 is 1.88 bits per heavy atom. The van der Waals surface area contributed by atoms with Crippen LogP contribution in [-0.2, 0) is 14.8 Å². The largest absolute Gasteiger partial charge is 0.382 e. The van der Waals surface area contributed by atoms with Gasteiger partial charge in [0.15, 0.2) is 5.82 Å². The highest BCUT2D eigenvalue weighted by molar-refractivity contribution is 7.88. The fraction of sp³-hybridized carbons (Fsp3) is 0.409. The van der Waals surface area contributed by atoms with Gasteiger partial charge in [0.1, 0.15) is 17.7 Å². The molecule has 0 bridgehead atoms. The summed E-state index contributed by atoms with van der Waals surface area (Å²) in [5, 5.41) is 7.60. The van der Waals surface area contributed by atoms with Crippen LogP contribution in [0.25, 0.3) is 5.52 Å². The molecule has 1 amide bonds. The van der Waals surface area contributed by atoms with Gasteiger partial charge in [-0.25, -0.2) is 22.3 Å². The highest BCUT2D eigenvalue weighted by atomic mass is 32.2. The van der Waals surface area contributed by atoms with Gasteiger partial charge in [0, 0.05) is 39.5 Å². The van der Waals surface area contributed by atoms with Crippen LogP contribution in [0.15, 0.2) is 36.8 Å². The second kappa shape index (κ2) is 9.65. The summed E-state index contributed by atoms with van der Waals surface area (Å²) in [5.41, 5.74) is 2.64. The van der Waals surface area contributed by atoms with Crippen molar-refractivity contribution >= 4 is 27.3 Å². The predicted octanol–water partition coefficient (Wildman–Crippen LogP) is 1.69. The van der Waals surface area contributed by atoms with Gasteiger partial charge in [0.2, 0.25) is 10.0 Å². The Hall–Kier alpha value is -3.09. The zero-order valence-electron chi connectivity index (χ0n) is 19.2. The van der Waals surface area contributed by atoms with Crippen LogP contribution < -0.4 is 5.32 Å². The minimum absolute atomic E-state index is 0.186. The molecule has 182 valence electrons. The maximum absolute atomic E-state index is 13.4. The monoisotopic (exact) mass is 490 g/mol. The molecule has 10 nitrogen and oxygen atoms in total. The molecule has 0 unspecified atom stereocenters. The molecule has 0 radical (unpaired) electrons. The quantitative estimate of drug-likeness (QED) is 0.537. The van der Waals surface area contributed by atoms with E-state index in [1.165, 1.54) is 29.0 Å². The van der Waals surface area contributed by atoms with Crippen LogP contribution in [0.1, 0.15) is 27.5 Å². The molecule has 1 aliphatic rings. The number of sulfonamides is 1. The lowest BCUT2D eigenvalue weighted by Crippen LogP contribution is -2.50. The molecule has 2 aromatic heterocycles. The normalized spacial score (nSPS) is 16.1. The first kappa shape index (κ1) is 24.0.